The fourth-order valence-corrected chi connectivity index (χ4v) is 3.06. The Labute approximate surface area is 164 Å². The van der Waals surface area contributed by atoms with E-state index in [1.54, 1.807) is 18.5 Å². The second kappa shape index (κ2) is 8.61. The predicted octanol–water partition coefficient (Wildman–Crippen LogP) is 3.20. The zero-order chi connectivity index (χ0) is 20.1. The van der Waals surface area contributed by atoms with Gasteiger partial charge >= 0.3 is 0 Å². The highest BCUT2D eigenvalue weighted by molar-refractivity contribution is 5.79. The van der Waals surface area contributed by atoms with Gasteiger partial charge in [-0.3, -0.25) is 14.6 Å². The second-order valence-electron chi connectivity index (χ2n) is 7.15. The Balaban J connectivity index is 1.86. The average molecular weight is 376 g/mol. The maximum Gasteiger partial charge on any atom is 0.251 e. The summed E-state index contributed by atoms with van der Waals surface area (Å²) in [6.07, 6.45) is 3.59. The zero-order valence-corrected chi connectivity index (χ0v) is 16.3. The van der Waals surface area contributed by atoms with Crippen molar-refractivity contribution in [2.75, 3.05) is 0 Å². The summed E-state index contributed by atoms with van der Waals surface area (Å²) in [5, 5.41) is 3.04. The SMILES string of the molecule is Cc1ccccc1CC(=O)N[C@@H](c1cc(=O)[nH]c(-c2cccnc2)n1)C(C)C. The first-order valence-corrected chi connectivity index (χ1v) is 9.29. The van der Waals surface area contributed by atoms with E-state index in [1.807, 2.05) is 51.1 Å². The summed E-state index contributed by atoms with van der Waals surface area (Å²) in [5.74, 6) is 0.407. The second-order valence-corrected chi connectivity index (χ2v) is 7.15. The highest BCUT2D eigenvalue weighted by atomic mass is 16.1. The third-order valence-electron chi connectivity index (χ3n) is 4.61. The number of H-pyrrole nitrogens is 1. The lowest BCUT2D eigenvalue weighted by Gasteiger charge is -2.22. The largest absolute Gasteiger partial charge is 0.347 e. The molecule has 0 aliphatic rings. The molecule has 2 heterocycles. The summed E-state index contributed by atoms with van der Waals surface area (Å²) in [4.78, 5) is 36.3. The number of aryl methyl sites for hydroxylation is 1. The van der Waals surface area contributed by atoms with Gasteiger partial charge in [0.2, 0.25) is 5.91 Å². The van der Waals surface area contributed by atoms with Crippen LogP contribution in [0.25, 0.3) is 11.4 Å². The van der Waals surface area contributed by atoms with Crippen molar-refractivity contribution in [1.29, 1.82) is 0 Å². The lowest BCUT2D eigenvalue weighted by Crippen LogP contribution is -2.34. The number of nitrogens with one attached hydrogen (secondary N) is 2. The topological polar surface area (TPSA) is 87.7 Å². The van der Waals surface area contributed by atoms with E-state index in [9.17, 15) is 9.59 Å². The first-order valence-electron chi connectivity index (χ1n) is 9.29. The van der Waals surface area contributed by atoms with Crippen LogP contribution in [0.5, 0.6) is 0 Å². The van der Waals surface area contributed by atoms with Crippen LogP contribution in [0, 0.1) is 12.8 Å². The number of hydrogen-bond acceptors (Lipinski definition) is 4. The molecule has 2 aromatic heterocycles. The van der Waals surface area contributed by atoms with Crippen molar-refractivity contribution in [2.45, 2.75) is 33.2 Å². The van der Waals surface area contributed by atoms with Crippen molar-refractivity contribution in [2.24, 2.45) is 5.92 Å². The molecule has 28 heavy (non-hydrogen) atoms. The fourth-order valence-electron chi connectivity index (χ4n) is 3.06. The summed E-state index contributed by atoms with van der Waals surface area (Å²) in [7, 11) is 0. The molecular formula is C22H24N4O2. The molecule has 3 rings (SSSR count). The average Bonchev–Trinajstić information content (AvgIpc) is 2.68. The number of nitrogens with zero attached hydrogens (tertiary/aromatic N) is 2. The van der Waals surface area contributed by atoms with Crippen molar-refractivity contribution in [3.63, 3.8) is 0 Å². The Bertz CT molecular complexity index is 1010. The van der Waals surface area contributed by atoms with Gasteiger partial charge in [0.25, 0.3) is 5.56 Å². The van der Waals surface area contributed by atoms with E-state index in [2.05, 4.69) is 20.3 Å². The minimum absolute atomic E-state index is 0.0665. The molecule has 1 atom stereocenters. The van der Waals surface area contributed by atoms with Crippen LogP contribution in [-0.2, 0) is 11.2 Å². The number of carbonyl (C=O) groups is 1. The summed E-state index contributed by atoms with van der Waals surface area (Å²) in [6.45, 7) is 5.97. The van der Waals surface area contributed by atoms with Crippen LogP contribution in [0.3, 0.4) is 0 Å². The number of rotatable bonds is 6. The number of hydrogen-bond donors (Lipinski definition) is 2. The Kier molecular flexibility index (Phi) is 5.99. The summed E-state index contributed by atoms with van der Waals surface area (Å²) in [6, 6.07) is 12.5. The fraction of sp³-hybridized carbons (Fsp3) is 0.273. The number of amides is 1. The molecule has 0 aliphatic carbocycles. The Morgan fingerprint density at radius 1 is 1.18 bits per heavy atom. The Morgan fingerprint density at radius 2 is 1.96 bits per heavy atom. The molecule has 0 spiro atoms. The first kappa shape index (κ1) is 19.5. The number of carbonyl (C=O) groups excluding carboxylic acids is 1. The maximum atomic E-state index is 12.7. The van der Waals surface area contributed by atoms with E-state index in [1.165, 1.54) is 6.07 Å². The van der Waals surface area contributed by atoms with E-state index in [-0.39, 0.29) is 29.8 Å². The predicted molar refractivity (Wildman–Crippen MR) is 109 cm³/mol. The standard InChI is InChI=1S/C22H24N4O2/c1-14(2)21(25-19(27)11-16-8-5-4-7-15(16)3)18-12-20(28)26-22(24-18)17-9-6-10-23-13-17/h4-10,12-14,21H,11H2,1-3H3,(H,25,27)(H,24,26,28)/t21-/m1/s1. The molecule has 0 saturated heterocycles. The number of aromatic nitrogens is 3. The third kappa shape index (κ3) is 4.71. The monoisotopic (exact) mass is 376 g/mol. The van der Waals surface area contributed by atoms with E-state index in [4.69, 9.17) is 0 Å². The quantitative estimate of drug-likeness (QED) is 0.692. The summed E-state index contributed by atoms with van der Waals surface area (Å²) < 4.78 is 0. The highest BCUT2D eigenvalue weighted by Gasteiger charge is 2.21. The molecule has 0 saturated carbocycles. The van der Waals surface area contributed by atoms with Gasteiger partial charge in [0.1, 0.15) is 5.82 Å². The Morgan fingerprint density at radius 3 is 2.64 bits per heavy atom. The molecule has 0 fully saturated rings. The lowest BCUT2D eigenvalue weighted by atomic mass is 9.99. The molecule has 144 valence electrons. The lowest BCUT2D eigenvalue weighted by molar-refractivity contribution is -0.121. The van der Waals surface area contributed by atoms with Gasteiger partial charge in [-0.25, -0.2) is 4.98 Å². The van der Waals surface area contributed by atoms with Gasteiger partial charge in [-0.15, -0.1) is 0 Å². The summed E-state index contributed by atoms with van der Waals surface area (Å²) in [5.41, 5.74) is 3.05. The molecule has 0 bridgehead atoms. The van der Waals surface area contributed by atoms with Gasteiger partial charge in [-0.2, -0.15) is 0 Å². The number of pyridine rings is 1. The van der Waals surface area contributed by atoms with E-state index in [0.717, 1.165) is 16.7 Å². The highest BCUT2D eigenvalue weighted by Crippen LogP contribution is 2.21. The third-order valence-corrected chi connectivity index (χ3v) is 4.61. The van der Waals surface area contributed by atoms with Crippen molar-refractivity contribution in [3.05, 3.63) is 82.0 Å². The molecule has 0 aliphatic heterocycles. The van der Waals surface area contributed by atoms with Crippen molar-refractivity contribution < 1.29 is 4.79 Å². The van der Waals surface area contributed by atoms with Crippen molar-refractivity contribution >= 4 is 5.91 Å². The normalized spacial score (nSPS) is 12.0. The molecule has 2 N–H and O–H groups in total. The van der Waals surface area contributed by atoms with Crippen molar-refractivity contribution in [1.82, 2.24) is 20.3 Å². The minimum atomic E-state index is -0.366. The van der Waals surface area contributed by atoms with E-state index >= 15 is 0 Å². The zero-order valence-electron chi connectivity index (χ0n) is 16.3. The number of aromatic amines is 1. The molecule has 0 radical (unpaired) electrons. The van der Waals surface area contributed by atoms with Crippen LogP contribution in [0.1, 0.15) is 36.7 Å². The molecule has 3 aromatic rings. The van der Waals surface area contributed by atoms with Gasteiger partial charge in [-0.05, 0) is 36.1 Å². The van der Waals surface area contributed by atoms with Gasteiger partial charge in [0.05, 0.1) is 18.2 Å². The van der Waals surface area contributed by atoms with E-state index in [0.29, 0.717) is 11.5 Å². The van der Waals surface area contributed by atoms with Crippen LogP contribution in [0.2, 0.25) is 0 Å². The van der Waals surface area contributed by atoms with Crippen LogP contribution in [-0.4, -0.2) is 20.9 Å². The molecule has 1 aromatic carbocycles. The van der Waals surface area contributed by atoms with Gasteiger partial charge < -0.3 is 10.3 Å². The van der Waals surface area contributed by atoms with Gasteiger partial charge in [-0.1, -0.05) is 38.1 Å². The van der Waals surface area contributed by atoms with Crippen LogP contribution >= 0.6 is 0 Å². The molecule has 0 unspecified atom stereocenters. The first-order chi connectivity index (χ1) is 13.4. The molecule has 6 heteroatoms. The van der Waals surface area contributed by atoms with Crippen LogP contribution in [0.15, 0.2) is 59.7 Å². The molecular weight excluding hydrogens is 352 g/mol. The van der Waals surface area contributed by atoms with Crippen LogP contribution in [0.4, 0.5) is 0 Å². The minimum Gasteiger partial charge on any atom is -0.347 e. The Hall–Kier alpha value is -3.28. The van der Waals surface area contributed by atoms with Gasteiger partial charge in [0, 0.05) is 24.0 Å². The molecule has 6 nitrogen and oxygen atoms in total. The summed E-state index contributed by atoms with van der Waals surface area (Å²) >= 11 is 0. The number of benzene rings is 1. The van der Waals surface area contributed by atoms with Gasteiger partial charge in [0.15, 0.2) is 0 Å². The van der Waals surface area contributed by atoms with E-state index < -0.39 is 0 Å². The smallest absolute Gasteiger partial charge is 0.251 e. The molecule has 1 amide bonds. The van der Waals surface area contributed by atoms with Crippen LogP contribution < -0.4 is 10.9 Å². The van der Waals surface area contributed by atoms with Crippen molar-refractivity contribution in [3.8, 4) is 11.4 Å². The maximum absolute atomic E-state index is 12.7.